The van der Waals surface area contributed by atoms with Gasteiger partial charge in [-0.15, -0.1) is 0 Å². The lowest BCUT2D eigenvalue weighted by molar-refractivity contribution is -0.139. The molecule has 2 heterocycles. The number of halogens is 3. The molecule has 2 aliphatic rings. The number of nitrogens with one attached hydrogen (secondary N) is 1. The number of piperidine rings is 1. The van der Waals surface area contributed by atoms with Crippen LogP contribution in [0.1, 0.15) is 36.9 Å². The average Bonchev–Trinajstić information content (AvgIpc) is 2.54. The summed E-state index contributed by atoms with van der Waals surface area (Å²) < 4.78 is 45.2. The van der Waals surface area contributed by atoms with Gasteiger partial charge in [0.15, 0.2) is 0 Å². The second-order valence-corrected chi connectivity index (χ2v) is 6.46. The molecule has 1 aromatic rings. The summed E-state index contributed by atoms with van der Waals surface area (Å²) in [5, 5.41) is 2.73. The quantitative estimate of drug-likeness (QED) is 0.899. The molecule has 2 aliphatic heterocycles. The molecule has 0 spiro atoms. The summed E-state index contributed by atoms with van der Waals surface area (Å²) in [4.78, 5) is 14.3. The molecule has 132 valence electrons. The molecule has 0 bridgehead atoms. The Morgan fingerprint density at radius 3 is 2.75 bits per heavy atom. The number of amides is 1. The molecular weight excluding hydrogens is 321 g/mol. The zero-order valence-corrected chi connectivity index (χ0v) is 13.5. The molecule has 4 nitrogen and oxygen atoms in total. The van der Waals surface area contributed by atoms with Crippen LogP contribution < -0.4 is 5.32 Å². The Balaban J connectivity index is 1.85. The van der Waals surface area contributed by atoms with Crippen LogP contribution in [0.5, 0.6) is 0 Å². The van der Waals surface area contributed by atoms with Gasteiger partial charge < -0.3 is 10.1 Å². The van der Waals surface area contributed by atoms with E-state index in [4.69, 9.17) is 4.74 Å². The monoisotopic (exact) mass is 342 g/mol. The molecule has 3 rings (SSSR count). The van der Waals surface area contributed by atoms with E-state index >= 15 is 0 Å². The van der Waals surface area contributed by atoms with Crippen LogP contribution in [0.3, 0.4) is 0 Å². The van der Waals surface area contributed by atoms with Crippen molar-refractivity contribution < 1.29 is 22.7 Å². The van der Waals surface area contributed by atoms with Gasteiger partial charge in [0.25, 0.3) is 0 Å². The van der Waals surface area contributed by atoms with E-state index in [1.807, 2.05) is 6.92 Å². The van der Waals surface area contributed by atoms with E-state index in [1.165, 1.54) is 12.1 Å². The number of alkyl halides is 3. The summed E-state index contributed by atoms with van der Waals surface area (Å²) >= 11 is 0. The summed E-state index contributed by atoms with van der Waals surface area (Å²) in [6.45, 7) is 3.89. The summed E-state index contributed by atoms with van der Waals surface area (Å²) in [7, 11) is 0. The topological polar surface area (TPSA) is 41.6 Å². The standard InChI is InChI=1S/C17H21F3N2O2/c1-11-10-24-7-6-22(11)12-8-15(21-16(23)9-12)13-4-2-3-5-14(13)17(18,19)20/h2-5,11-12,15H,6-10H2,1H3,(H,21,23)/t11-,12?,15?/m1/s1. The maximum atomic E-state index is 13.3. The zero-order chi connectivity index (χ0) is 17.3. The van der Waals surface area contributed by atoms with Gasteiger partial charge in [-0.1, -0.05) is 18.2 Å². The van der Waals surface area contributed by atoms with E-state index in [9.17, 15) is 18.0 Å². The van der Waals surface area contributed by atoms with Crippen molar-refractivity contribution in [1.82, 2.24) is 10.2 Å². The Kier molecular flexibility index (Phi) is 4.83. The van der Waals surface area contributed by atoms with Gasteiger partial charge in [-0.2, -0.15) is 13.2 Å². The van der Waals surface area contributed by atoms with Gasteiger partial charge in [-0.3, -0.25) is 9.69 Å². The third-order valence-electron chi connectivity index (χ3n) is 4.79. The maximum absolute atomic E-state index is 13.3. The molecule has 7 heteroatoms. The minimum atomic E-state index is -4.43. The van der Waals surface area contributed by atoms with Gasteiger partial charge in [0, 0.05) is 25.0 Å². The van der Waals surface area contributed by atoms with E-state index in [1.54, 1.807) is 6.07 Å². The van der Waals surface area contributed by atoms with Crippen LogP contribution in [-0.4, -0.2) is 42.6 Å². The Hall–Kier alpha value is -1.60. The number of benzene rings is 1. The molecule has 1 amide bonds. The van der Waals surface area contributed by atoms with Crippen LogP contribution in [0.4, 0.5) is 13.2 Å². The number of hydrogen-bond acceptors (Lipinski definition) is 3. The van der Waals surface area contributed by atoms with Crippen LogP contribution in [0, 0.1) is 0 Å². The summed E-state index contributed by atoms with van der Waals surface area (Å²) in [5.41, 5.74) is -0.532. The largest absolute Gasteiger partial charge is 0.416 e. The molecule has 24 heavy (non-hydrogen) atoms. The van der Waals surface area contributed by atoms with Gasteiger partial charge in [0.05, 0.1) is 24.8 Å². The Labute approximate surface area is 139 Å². The first kappa shape index (κ1) is 17.2. The van der Waals surface area contributed by atoms with Crippen LogP contribution in [0.15, 0.2) is 24.3 Å². The number of carbonyl (C=O) groups excluding carboxylic acids is 1. The van der Waals surface area contributed by atoms with Crippen molar-refractivity contribution in [3.8, 4) is 0 Å². The predicted molar refractivity (Wildman–Crippen MR) is 82.3 cm³/mol. The lowest BCUT2D eigenvalue weighted by Crippen LogP contribution is -2.54. The fourth-order valence-corrected chi connectivity index (χ4v) is 3.68. The van der Waals surface area contributed by atoms with Crippen molar-refractivity contribution in [2.75, 3.05) is 19.8 Å². The van der Waals surface area contributed by atoms with Crippen molar-refractivity contribution in [2.24, 2.45) is 0 Å². The highest BCUT2D eigenvalue weighted by Gasteiger charge is 2.39. The lowest BCUT2D eigenvalue weighted by atomic mass is 9.89. The summed E-state index contributed by atoms with van der Waals surface area (Å²) in [6, 6.07) is 4.96. The van der Waals surface area contributed by atoms with E-state index in [2.05, 4.69) is 10.2 Å². The maximum Gasteiger partial charge on any atom is 0.416 e. The number of hydrogen-bond donors (Lipinski definition) is 1. The highest BCUT2D eigenvalue weighted by Crippen LogP contribution is 2.37. The fourth-order valence-electron chi connectivity index (χ4n) is 3.68. The zero-order valence-electron chi connectivity index (χ0n) is 13.5. The highest BCUT2D eigenvalue weighted by atomic mass is 19.4. The Morgan fingerprint density at radius 2 is 2.04 bits per heavy atom. The van der Waals surface area contributed by atoms with Crippen molar-refractivity contribution in [3.63, 3.8) is 0 Å². The Bertz CT molecular complexity index is 606. The molecular formula is C17H21F3N2O2. The highest BCUT2D eigenvalue weighted by molar-refractivity contribution is 5.78. The van der Waals surface area contributed by atoms with Gasteiger partial charge in [-0.05, 0) is 25.0 Å². The molecule has 2 fully saturated rings. The molecule has 2 saturated heterocycles. The van der Waals surface area contributed by atoms with Crippen LogP contribution in [0.25, 0.3) is 0 Å². The second-order valence-electron chi connectivity index (χ2n) is 6.46. The normalized spacial score (nSPS) is 29.3. The van der Waals surface area contributed by atoms with E-state index in [0.29, 0.717) is 32.6 Å². The molecule has 1 aromatic carbocycles. The van der Waals surface area contributed by atoms with Crippen molar-refractivity contribution in [3.05, 3.63) is 35.4 Å². The van der Waals surface area contributed by atoms with Crippen LogP contribution >= 0.6 is 0 Å². The van der Waals surface area contributed by atoms with Gasteiger partial charge in [0.2, 0.25) is 5.91 Å². The first-order valence-electron chi connectivity index (χ1n) is 8.15. The van der Waals surface area contributed by atoms with Crippen molar-refractivity contribution >= 4 is 5.91 Å². The fraction of sp³-hybridized carbons (Fsp3) is 0.588. The number of rotatable bonds is 2. The van der Waals surface area contributed by atoms with Crippen LogP contribution in [0.2, 0.25) is 0 Å². The van der Waals surface area contributed by atoms with Crippen LogP contribution in [-0.2, 0) is 15.7 Å². The molecule has 0 radical (unpaired) electrons. The summed E-state index contributed by atoms with van der Waals surface area (Å²) in [6.07, 6.45) is -3.64. The average molecular weight is 342 g/mol. The van der Waals surface area contributed by atoms with E-state index in [0.717, 1.165) is 6.07 Å². The minimum Gasteiger partial charge on any atom is -0.379 e. The van der Waals surface area contributed by atoms with E-state index in [-0.39, 0.29) is 23.6 Å². The van der Waals surface area contributed by atoms with Gasteiger partial charge in [-0.25, -0.2) is 0 Å². The second kappa shape index (κ2) is 6.72. The molecule has 2 unspecified atom stereocenters. The molecule has 0 saturated carbocycles. The van der Waals surface area contributed by atoms with Crippen molar-refractivity contribution in [1.29, 1.82) is 0 Å². The van der Waals surface area contributed by atoms with Gasteiger partial charge >= 0.3 is 6.18 Å². The minimum absolute atomic E-state index is 0.0658. The number of nitrogens with zero attached hydrogens (tertiary/aromatic N) is 1. The smallest absolute Gasteiger partial charge is 0.379 e. The third-order valence-corrected chi connectivity index (χ3v) is 4.79. The number of ether oxygens (including phenoxy) is 1. The summed E-state index contributed by atoms with van der Waals surface area (Å²) in [5.74, 6) is -0.202. The number of carbonyl (C=O) groups is 1. The van der Waals surface area contributed by atoms with Gasteiger partial charge in [0.1, 0.15) is 0 Å². The Morgan fingerprint density at radius 1 is 1.29 bits per heavy atom. The molecule has 0 aliphatic carbocycles. The first-order chi connectivity index (χ1) is 11.4. The SMILES string of the molecule is C[C@@H]1COCCN1C1CC(=O)NC(c2ccccc2C(F)(F)F)C1. The molecule has 3 atom stereocenters. The molecule has 0 aromatic heterocycles. The molecule has 1 N–H and O–H groups in total. The number of morpholine rings is 1. The lowest BCUT2D eigenvalue weighted by Gasteiger charge is -2.43. The van der Waals surface area contributed by atoms with Crippen molar-refractivity contribution in [2.45, 2.75) is 44.1 Å². The first-order valence-corrected chi connectivity index (χ1v) is 8.15. The predicted octanol–water partition coefficient (Wildman–Crippen LogP) is 2.75. The third kappa shape index (κ3) is 3.57. The van der Waals surface area contributed by atoms with E-state index < -0.39 is 17.8 Å².